The van der Waals surface area contributed by atoms with Crippen LogP contribution in [0.4, 0.5) is 0 Å². The Morgan fingerprint density at radius 1 is 1.17 bits per heavy atom. The zero-order valence-corrected chi connectivity index (χ0v) is 13.6. The first-order chi connectivity index (χ1) is 10.9. The number of hydrogen-bond donors (Lipinski definition) is 0. The van der Waals surface area contributed by atoms with Gasteiger partial charge in [-0.2, -0.15) is 0 Å². The van der Waals surface area contributed by atoms with Gasteiger partial charge in [-0.3, -0.25) is 4.79 Å². The van der Waals surface area contributed by atoms with E-state index in [2.05, 4.69) is 0 Å². The third-order valence-electron chi connectivity index (χ3n) is 3.18. The number of allylic oxidation sites excluding steroid dienone is 3. The highest BCUT2D eigenvalue weighted by Crippen LogP contribution is 2.19. The fourth-order valence-corrected chi connectivity index (χ4v) is 2.13. The van der Waals surface area contributed by atoms with E-state index < -0.39 is 0 Å². The highest BCUT2D eigenvalue weighted by Gasteiger charge is 2.01. The van der Waals surface area contributed by atoms with Crippen LogP contribution in [0.1, 0.15) is 27.2 Å². The fraction of sp³-hybridized carbons (Fsp3) is 0.263. The molecular weight excluding hydrogens is 292 g/mol. The van der Waals surface area contributed by atoms with Gasteiger partial charge >= 0.3 is 5.63 Å². The Hall–Kier alpha value is -2.62. The normalized spacial score (nSPS) is 11.3. The zero-order valence-electron chi connectivity index (χ0n) is 13.6. The van der Waals surface area contributed by atoms with Crippen LogP contribution < -0.4 is 10.4 Å². The van der Waals surface area contributed by atoms with Crippen LogP contribution in [0.25, 0.3) is 11.0 Å². The summed E-state index contributed by atoms with van der Waals surface area (Å²) in [5, 5.41) is 0.844. The molecule has 0 N–H and O–H groups in total. The van der Waals surface area contributed by atoms with Gasteiger partial charge in [-0.25, -0.2) is 4.79 Å². The maximum absolute atomic E-state index is 11.7. The van der Waals surface area contributed by atoms with Crippen LogP contribution in [0.5, 0.6) is 5.75 Å². The average Bonchev–Trinajstić information content (AvgIpc) is 2.45. The van der Waals surface area contributed by atoms with E-state index in [1.54, 1.807) is 18.2 Å². The second-order valence-corrected chi connectivity index (χ2v) is 5.68. The first-order valence-corrected chi connectivity index (χ1v) is 7.44. The predicted octanol–water partition coefficient (Wildman–Crippen LogP) is 4.04. The molecule has 1 heterocycles. The smallest absolute Gasteiger partial charge is 0.336 e. The van der Waals surface area contributed by atoms with Gasteiger partial charge in [0.05, 0.1) is 0 Å². The molecule has 0 atom stereocenters. The van der Waals surface area contributed by atoms with Gasteiger partial charge in [0.25, 0.3) is 0 Å². The molecule has 0 bridgehead atoms. The molecule has 2 aromatic rings. The number of benzene rings is 1. The molecule has 0 aliphatic carbocycles. The number of carbonyl (C=O) groups is 1. The molecule has 2 rings (SSSR count). The van der Waals surface area contributed by atoms with E-state index in [1.807, 2.05) is 39.0 Å². The van der Waals surface area contributed by atoms with Crippen LogP contribution in [0.15, 0.2) is 62.8 Å². The molecule has 0 fully saturated rings. The minimum Gasteiger partial charge on any atom is -0.489 e. The highest BCUT2D eigenvalue weighted by molar-refractivity contribution is 5.91. The summed E-state index contributed by atoms with van der Waals surface area (Å²) < 4.78 is 10.7. The summed E-state index contributed by atoms with van der Waals surface area (Å²) in [5.41, 5.74) is 2.06. The number of rotatable bonds is 6. The number of carbonyl (C=O) groups excluding carboxylic acids is 1. The minimum atomic E-state index is -0.386. The second kappa shape index (κ2) is 7.58. The summed E-state index contributed by atoms with van der Waals surface area (Å²) in [6.07, 6.45) is 3.91. The van der Waals surface area contributed by atoms with Gasteiger partial charge in [0.2, 0.25) is 0 Å². The van der Waals surface area contributed by atoms with Crippen LogP contribution in [0.3, 0.4) is 0 Å². The van der Waals surface area contributed by atoms with Gasteiger partial charge in [0.15, 0.2) is 5.78 Å². The van der Waals surface area contributed by atoms with Gasteiger partial charge in [-0.15, -0.1) is 0 Å². The monoisotopic (exact) mass is 312 g/mol. The van der Waals surface area contributed by atoms with Crippen molar-refractivity contribution in [2.45, 2.75) is 27.2 Å². The first kappa shape index (κ1) is 16.7. The first-order valence-electron chi connectivity index (χ1n) is 7.44. The van der Waals surface area contributed by atoms with E-state index in [4.69, 9.17) is 9.15 Å². The molecule has 0 spiro atoms. The van der Waals surface area contributed by atoms with E-state index in [9.17, 15) is 9.59 Å². The highest BCUT2D eigenvalue weighted by atomic mass is 16.5. The van der Waals surface area contributed by atoms with Gasteiger partial charge in [-0.05, 0) is 51.1 Å². The minimum absolute atomic E-state index is 0.0891. The zero-order chi connectivity index (χ0) is 16.8. The standard InChI is InChI=1S/C19H20O4/c1-13(2)10-16(20)11-14(3)8-9-22-17-6-4-15-5-7-19(21)23-18(15)12-17/h4-8,10,12H,9,11H2,1-3H3. The Balaban J connectivity index is 1.98. The summed E-state index contributed by atoms with van der Waals surface area (Å²) in [5.74, 6) is 0.706. The third-order valence-corrected chi connectivity index (χ3v) is 3.18. The molecule has 1 aromatic heterocycles. The van der Waals surface area contributed by atoms with Crippen LogP contribution in [0, 0.1) is 0 Å². The molecule has 4 heteroatoms. The molecule has 0 aliphatic heterocycles. The van der Waals surface area contributed by atoms with Crippen LogP contribution >= 0.6 is 0 Å². The fourth-order valence-electron chi connectivity index (χ4n) is 2.13. The summed E-state index contributed by atoms with van der Waals surface area (Å²) in [6.45, 7) is 6.06. The quantitative estimate of drug-likeness (QED) is 0.459. The molecule has 0 radical (unpaired) electrons. The summed E-state index contributed by atoms with van der Waals surface area (Å²) in [4.78, 5) is 22.9. The summed E-state index contributed by atoms with van der Waals surface area (Å²) in [6, 6.07) is 8.44. The van der Waals surface area contributed by atoms with Gasteiger partial charge in [0, 0.05) is 23.9 Å². The maximum atomic E-state index is 11.7. The Labute approximate surface area is 135 Å². The molecule has 23 heavy (non-hydrogen) atoms. The molecule has 0 aliphatic rings. The van der Waals surface area contributed by atoms with Crippen molar-refractivity contribution in [1.29, 1.82) is 0 Å². The molecule has 1 aromatic carbocycles. The van der Waals surface area contributed by atoms with Crippen LogP contribution in [-0.4, -0.2) is 12.4 Å². The van der Waals surface area contributed by atoms with E-state index in [0.29, 0.717) is 24.4 Å². The number of hydrogen-bond acceptors (Lipinski definition) is 4. The lowest BCUT2D eigenvalue weighted by atomic mass is 10.1. The van der Waals surface area contributed by atoms with Crippen molar-refractivity contribution in [3.05, 3.63) is 64.1 Å². The summed E-state index contributed by atoms with van der Waals surface area (Å²) >= 11 is 0. The summed E-state index contributed by atoms with van der Waals surface area (Å²) in [7, 11) is 0. The van der Waals surface area contributed by atoms with Crippen molar-refractivity contribution in [2.75, 3.05) is 6.61 Å². The number of ether oxygens (including phenoxy) is 1. The lowest BCUT2D eigenvalue weighted by Gasteiger charge is -2.05. The predicted molar refractivity (Wildman–Crippen MR) is 90.8 cm³/mol. The molecule has 0 saturated heterocycles. The van der Waals surface area contributed by atoms with E-state index in [1.165, 1.54) is 6.07 Å². The lowest BCUT2D eigenvalue weighted by molar-refractivity contribution is -0.114. The molecule has 0 saturated carbocycles. The Kier molecular flexibility index (Phi) is 5.52. The molecule has 4 nitrogen and oxygen atoms in total. The van der Waals surface area contributed by atoms with Crippen molar-refractivity contribution in [2.24, 2.45) is 0 Å². The average molecular weight is 312 g/mol. The van der Waals surface area contributed by atoms with Crippen molar-refractivity contribution < 1.29 is 13.9 Å². The van der Waals surface area contributed by atoms with Crippen molar-refractivity contribution in [3.8, 4) is 5.75 Å². The second-order valence-electron chi connectivity index (χ2n) is 5.68. The Morgan fingerprint density at radius 2 is 1.91 bits per heavy atom. The van der Waals surface area contributed by atoms with Gasteiger partial charge in [-0.1, -0.05) is 11.1 Å². The van der Waals surface area contributed by atoms with Gasteiger partial charge < -0.3 is 9.15 Å². The van der Waals surface area contributed by atoms with E-state index in [-0.39, 0.29) is 11.4 Å². The Morgan fingerprint density at radius 3 is 2.65 bits per heavy atom. The number of fused-ring (bicyclic) bond motifs is 1. The SMILES string of the molecule is CC(C)=CC(=O)CC(C)=CCOc1ccc2ccc(=O)oc2c1. The van der Waals surface area contributed by atoms with Crippen LogP contribution in [-0.2, 0) is 4.79 Å². The van der Waals surface area contributed by atoms with Crippen molar-refractivity contribution in [3.63, 3.8) is 0 Å². The maximum Gasteiger partial charge on any atom is 0.336 e. The molecule has 0 unspecified atom stereocenters. The van der Waals surface area contributed by atoms with E-state index >= 15 is 0 Å². The van der Waals surface area contributed by atoms with E-state index in [0.717, 1.165) is 16.5 Å². The van der Waals surface area contributed by atoms with Gasteiger partial charge in [0.1, 0.15) is 17.9 Å². The Bertz CT molecular complexity index is 821. The van der Waals surface area contributed by atoms with Crippen LogP contribution in [0.2, 0.25) is 0 Å². The molecule has 120 valence electrons. The van der Waals surface area contributed by atoms with Crippen molar-refractivity contribution >= 4 is 16.8 Å². The largest absolute Gasteiger partial charge is 0.489 e. The lowest BCUT2D eigenvalue weighted by Crippen LogP contribution is -1.99. The molecule has 0 amide bonds. The third kappa shape index (κ3) is 5.25. The topological polar surface area (TPSA) is 56.5 Å². The molecular formula is C19H20O4. The van der Waals surface area contributed by atoms with Crippen molar-refractivity contribution in [1.82, 2.24) is 0 Å². The number of ketones is 1.